The summed E-state index contributed by atoms with van der Waals surface area (Å²) < 4.78 is 42.4. The maximum absolute atomic E-state index is 10.8. The summed E-state index contributed by atoms with van der Waals surface area (Å²) in [6, 6.07) is 0. The van der Waals surface area contributed by atoms with E-state index in [1.54, 1.807) is 0 Å². The van der Waals surface area contributed by atoms with Gasteiger partial charge in [-0.2, -0.15) is 8.42 Å². The first-order chi connectivity index (χ1) is 8.34. The van der Waals surface area contributed by atoms with E-state index in [1.165, 1.54) is 11.8 Å². The van der Waals surface area contributed by atoms with Gasteiger partial charge in [-0.1, -0.05) is 0 Å². The van der Waals surface area contributed by atoms with Crippen LogP contribution in [-0.2, 0) is 19.3 Å². The molecular formula is C5H6Cl3N3O4S3. The lowest BCUT2D eigenvalue weighted by atomic mass is 10.4. The van der Waals surface area contributed by atoms with Crippen LogP contribution in [0.5, 0.6) is 0 Å². The Morgan fingerprint density at radius 3 is 2.17 bits per heavy atom. The van der Waals surface area contributed by atoms with Gasteiger partial charge in [0, 0.05) is 10.7 Å². The third-order valence-corrected chi connectivity index (χ3v) is 4.74. The Bertz CT molecular complexity index is 546. The van der Waals surface area contributed by atoms with Gasteiger partial charge in [0.1, 0.15) is 4.86 Å². The van der Waals surface area contributed by atoms with Gasteiger partial charge in [0.2, 0.25) is 15.7 Å². The number of hydrogen-bond donors (Lipinski definition) is 0. The van der Waals surface area contributed by atoms with Gasteiger partial charge in [0.15, 0.2) is 0 Å². The average molecular weight is 375 g/mol. The van der Waals surface area contributed by atoms with Crippen molar-refractivity contribution in [1.82, 2.24) is 0 Å². The van der Waals surface area contributed by atoms with Crippen LogP contribution in [0.4, 0.5) is 0 Å². The van der Waals surface area contributed by atoms with E-state index in [4.69, 9.17) is 33.9 Å². The van der Waals surface area contributed by atoms with E-state index >= 15 is 0 Å². The highest BCUT2D eigenvalue weighted by Crippen LogP contribution is 2.12. The van der Waals surface area contributed by atoms with E-state index in [9.17, 15) is 16.8 Å². The van der Waals surface area contributed by atoms with Crippen molar-refractivity contribution in [1.29, 1.82) is 0 Å². The summed E-state index contributed by atoms with van der Waals surface area (Å²) in [7, 11) is -1.94. The number of rotatable bonds is 3. The van der Waals surface area contributed by atoms with Crippen LogP contribution in [0.3, 0.4) is 0 Å². The first-order valence-corrected chi connectivity index (χ1v) is 9.54. The highest BCUT2D eigenvalue weighted by atomic mass is 35.7. The van der Waals surface area contributed by atoms with Crippen LogP contribution in [0, 0.1) is 0 Å². The molecule has 0 N–H and O–H groups in total. The quantitative estimate of drug-likeness (QED) is 0.423. The topological polar surface area (TPSA) is 105 Å². The van der Waals surface area contributed by atoms with Crippen molar-refractivity contribution in [3.05, 3.63) is 0 Å². The third kappa shape index (κ3) is 6.90. The summed E-state index contributed by atoms with van der Waals surface area (Å²) in [5, 5.41) is 8.71. The second-order valence-corrected chi connectivity index (χ2v) is 8.12. The third-order valence-electron chi connectivity index (χ3n) is 1.25. The molecule has 1 aliphatic rings. The molecule has 0 aromatic carbocycles. The van der Waals surface area contributed by atoms with Crippen LogP contribution >= 0.6 is 45.6 Å². The van der Waals surface area contributed by atoms with E-state index in [2.05, 4.69) is 15.4 Å². The molecule has 0 aromatic rings. The fourth-order valence-corrected chi connectivity index (χ4v) is 3.39. The molecule has 0 spiro atoms. The molecule has 1 unspecified atom stereocenters. The van der Waals surface area contributed by atoms with E-state index in [0.29, 0.717) is 10.4 Å². The smallest absolute Gasteiger partial charge is 0.209 e. The molecule has 0 amide bonds. The highest BCUT2D eigenvalue weighted by molar-refractivity contribution is 8.15. The second kappa shape index (κ2) is 9.10. The average Bonchev–Trinajstić information content (AvgIpc) is 2.30. The van der Waals surface area contributed by atoms with Crippen molar-refractivity contribution < 1.29 is 16.8 Å². The molecule has 7 nitrogen and oxygen atoms in total. The van der Waals surface area contributed by atoms with Gasteiger partial charge >= 0.3 is 0 Å². The number of halogens is 3. The van der Waals surface area contributed by atoms with Crippen molar-refractivity contribution in [3.8, 4) is 0 Å². The Balaban J connectivity index is 0.000000494. The molecule has 0 saturated heterocycles. The molecule has 0 fully saturated rings. The summed E-state index contributed by atoms with van der Waals surface area (Å²) in [5.74, 6) is 0. The zero-order valence-electron chi connectivity index (χ0n) is 8.40. The molecule has 0 bridgehead atoms. The number of nitrogens with zero attached hydrogens (tertiary/aromatic N) is 3. The summed E-state index contributed by atoms with van der Waals surface area (Å²) in [6.45, 7) is 0. The molecule has 0 saturated carbocycles. The van der Waals surface area contributed by atoms with Crippen molar-refractivity contribution in [3.63, 3.8) is 0 Å². The monoisotopic (exact) mass is 373 g/mol. The van der Waals surface area contributed by atoms with Crippen LogP contribution in [0.15, 0.2) is 15.4 Å². The fraction of sp³-hybridized carbons (Fsp3) is 0.600. The molecule has 13 heteroatoms. The Kier molecular flexibility index (Phi) is 9.17. The van der Waals surface area contributed by atoms with Crippen molar-refractivity contribution in [2.75, 3.05) is 10.4 Å². The van der Waals surface area contributed by atoms with Crippen molar-refractivity contribution in [2.45, 2.75) is 5.37 Å². The van der Waals surface area contributed by atoms with Crippen LogP contribution < -0.4 is 0 Å². The molecule has 0 aromatic heterocycles. The van der Waals surface area contributed by atoms with E-state index in [-0.39, 0.29) is 0 Å². The molecule has 0 aliphatic carbocycles. The lowest BCUT2D eigenvalue weighted by molar-refractivity contribution is 0.602. The predicted octanol–water partition coefficient (Wildman–Crippen LogP) is 1.50. The van der Waals surface area contributed by atoms with Gasteiger partial charge in [-0.3, -0.25) is 0 Å². The standard InChI is InChI=1S/C3H2ClN3O4S2.C2H4Cl2S/c4-13(10,11)3-2(12(8)9)1-5-7-6-3;3-1-5-2-4/h1,3H;1-2H2. The van der Waals surface area contributed by atoms with Crippen LogP contribution in [0.2, 0.25) is 0 Å². The van der Waals surface area contributed by atoms with E-state index in [0.717, 1.165) is 6.21 Å². The Hall–Kier alpha value is 0.130. The van der Waals surface area contributed by atoms with Gasteiger partial charge in [-0.05, 0) is 5.22 Å². The lowest BCUT2D eigenvalue weighted by Gasteiger charge is -2.05. The first kappa shape index (κ1) is 18.1. The SMILES string of the molecule is ClCSCCl.O=S(=O)=C1C=NN=NC1S(=O)(=O)Cl. The normalized spacial score (nSPS) is 18.2. The minimum Gasteiger partial charge on any atom is -0.209 e. The fourth-order valence-electron chi connectivity index (χ4n) is 0.630. The lowest BCUT2D eigenvalue weighted by Crippen LogP contribution is -2.28. The van der Waals surface area contributed by atoms with Gasteiger partial charge in [-0.25, -0.2) is 8.42 Å². The highest BCUT2D eigenvalue weighted by Gasteiger charge is 2.30. The second-order valence-electron chi connectivity index (χ2n) is 2.34. The number of hydrogen-bond acceptors (Lipinski definition) is 8. The Labute approximate surface area is 124 Å². The Morgan fingerprint density at radius 2 is 1.89 bits per heavy atom. The van der Waals surface area contributed by atoms with Gasteiger partial charge in [0.25, 0.3) is 9.05 Å². The molecule has 1 heterocycles. The van der Waals surface area contributed by atoms with Crippen LogP contribution in [-0.4, -0.2) is 43.7 Å². The van der Waals surface area contributed by atoms with Crippen molar-refractivity contribution >= 4 is 76.1 Å². The summed E-state index contributed by atoms with van der Waals surface area (Å²) in [5.41, 5.74) is 0. The van der Waals surface area contributed by atoms with Gasteiger partial charge < -0.3 is 0 Å². The largest absolute Gasteiger partial charge is 0.263 e. The van der Waals surface area contributed by atoms with E-state index < -0.39 is 29.6 Å². The zero-order chi connectivity index (χ0) is 14.2. The summed E-state index contributed by atoms with van der Waals surface area (Å²) in [6.07, 6.45) is 0.778. The molecule has 1 aliphatic heterocycles. The molecule has 1 atom stereocenters. The summed E-state index contributed by atoms with van der Waals surface area (Å²) >= 11 is 11.9. The minimum absolute atomic E-state index is 0.523. The van der Waals surface area contributed by atoms with Crippen molar-refractivity contribution in [2.24, 2.45) is 15.4 Å². The summed E-state index contributed by atoms with van der Waals surface area (Å²) in [4.78, 5) is -0.523. The zero-order valence-corrected chi connectivity index (χ0v) is 13.1. The first-order valence-electron chi connectivity index (χ1n) is 3.87. The van der Waals surface area contributed by atoms with Gasteiger partial charge in [-0.15, -0.1) is 45.2 Å². The van der Waals surface area contributed by atoms with Gasteiger partial charge in [0.05, 0.1) is 16.6 Å². The maximum Gasteiger partial charge on any atom is 0.263 e. The number of thioether (sulfide) groups is 1. The molecule has 0 radical (unpaired) electrons. The molecular weight excluding hydrogens is 369 g/mol. The molecule has 104 valence electrons. The maximum atomic E-state index is 10.8. The van der Waals surface area contributed by atoms with Crippen LogP contribution in [0.1, 0.15) is 0 Å². The Morgan fingerprint density at radius 1 is 1.33 bits per heavy atom. The van der Waals surface area contributed by atoms with E-state index in [1.807, 2.05) is 0 Å². The minimum atomic E-state index is -4.13. The predicted molar refractivity (Wildman–Crippen MR) is 74.9 cm³/mol. The molecule has 18 heavy (non-hydrogen) atoms. The van der Waals surface area contributed by atoms with Crippen LogP contribution in [0.25, 0.3) is 0 Å². The number of alkyl halides is 2. The molecule has 1 rings (SSSR count).